The molecule has 2 aromatic rings. The number of halogens is 1. The molecule has 8 heteroatoms. The van der Waals surface area contributed by atoms with Crippen molar-refractivity contribution < 1.29 is 4.79 Å². The smallest absolute Gasteiger partial charge is 0.272 e. The van der Waals surface area contributed by atoms with Crippen molar-refractivity contribution in [2.45, 2.75) is 25.8 Å². The van der Waals surface area contributed by atoms with Crippen molar-refractivity contribution in [1.82, 2.24) is 30.6 Å². The number of amides is 1. The summed E-state index contributed by atoms with van der Waals surface area (Å²) in [6, 6.07) is 0. The molecule has 2 aromatic heterocycles. The van der Waals surface area contributed by atoms with Crippen LogP contribution in [0.3, 0.4) is 0 Å². The number of hydrogen-bond acceptors (Lipinski definition) is 4. The lowest BCUT2D eigenvalue weighted by atomic mass is 10.1. The number of H-pyrrole nitrogens is 1. The molecule has 0 fully saturated rings. The van der Waals surface area contributed by atoms with E-state index in [0.29, 0.717) is 18.8 Å². The van der Waals surface area contributed by atoms with Gasteiger partial charge in [-0.1, -0.05) is 0 Å². The molecular weight excluding hydrogens is 304 g/mol. The quantitative estimate of drug-likeness (QED) is 0.702. The van der Waals surface area contributed by atoms with Crippen molar-refractivity contribution in [1.29, 1.82) is 0 Å². The lowest BCUT2D eigenvalue weighted by Gasteiger charge is -2.12. The van der Waals surface area contributed by atoms with Crippen molar-refractivity contribution in [3.05, 3.63) is 34.9 Å². The number of aryl methyl sites for hydroxylation is 2. The van der Waals surface area contributed by atoms with Crippen molar-refractivity contribution in [3.8, 4) is 0 Å². The molecule has 0 saturated carbocycles. The summed E-state index contributed by atoms with van der Waals surface area (Å²) in [5, 5.41) is 17.4. The van der Waals surface area contributed by atoms with Gasteiger partial charge in [-0.2, -0.15) is 10.2 Å². The Labute approximate surface area is 135 Å². The lowest BCUT2D eigenvalue weighted by molar-refractivity contribution is 0.0947. The third-order valence-corrected chi connectivity index (χ3v) is 3.71. The van der Waals surface area contributed by atoms with E-state index < -0.39 is 0 Å². The summed E-state index contributed by atoms with van der Waals surface area (Å²) in [4.78, 5) is 12.2. The standard InChI is InChI=1S/C14H20N6O.ClH/c1-20-9-10(7-17-20)3-2-5-16-14(21)13-11-8-15-6-4-12(11)18-19-13;/h7,9,15H,2-6,8H2,1H3,(H,16,21)(H,18,19);1H. The van der Waals surface area contributed by atoms with Gasteiger partial charge in [0.05, 0.1) is 6.20 Å². The first-order valence-electron chi connectivity index (χ1n) is 7.26. The Kier molecular flexibility index (Phi) is 5.57. The maximum Gasteiger partial charge on any atom is 0.272 e. The first kappa shape index (κ1) is 16.5. The number of hydrogen-bond donors (Lipinski definition) is 3. The van der Waals surface area contributed by atoms with Crippen LogP contribution in [0.4, 0.5) is 0 Å². The maximum absolute atomic E-state index is 12.2. The Balaban J connectivity index is 0.00000176. The molecule has 22 heavy (non-hydrogen) atoms. The molecule has 1 aliphatic heterocycles. The van der Waals surface area contributed by atoms with Gasteiger partial charge in [0.1, 0.15) is 0 Å². The molecule has 0 radical (unpaired) electrons. The highest BCUT2D eigenvalue weighted by molar-refractivity contribution is 5.94. The molecule has 1 aliphatic rings. The van der Waals surface area contributed by atoms with Crippen molar-refractivity contribution in [3.63, 3.8) is 0 Å². The molecule has 0 saturated heterocycles. The molecule has 3 heterocycles. The van der Waals surface area contributed by atoms with Crippen LogP contribution in [0.1, 0.15) is 33.7 Å². The van der Waals surface area contributed by atoms with E-state index in [2.05, 4.69) is 25.9 Å². The predicted octanol–water partition coefficient (Wildman–Crippen LogP) is 0.573. The maximum atomic E-state index is 12.2. The monoisotopic (exact) mass is 324 g/mol. The second kappa shape index (κ2) is 7.42. The first-order chi connectivity index (χ1) is 10.2. The zero-order valence-electron chi connectivity index (χ0n) is 12.6. The third-order valence-electron chi connectivity index (χ3n) is 3.71. The highest BCUT2D eigenvalue weighted by Crippen LogP contribution is 2.15. The van der Waals surface area contributed by atoms with Gasteiger partial charge in [0, 0.05) is 50.6 Å². The van der Waals surface area contributed by atoms with Gasteiger partial charge < -0.3 is 10.6 Å². The van der Waals surface area contributed by atoms with Gasteiger partial charge in [-0.3, -0.25) is 14.6 Å². The Hall–Kier alpha value is -1.86. The fraction of sp³-hybridized carbons (Fsp3) is 0.500. The highest BCUT2D eigenvalue weighted by Gasteiger charge is 2.20. The fourth-order valence-corrected chi connectivity index (χ4v) is 2.59. The second-order valence-corrected chi connectivity index (χ2v) is 5.34. The Morgan fingerprint density at radius 2 is 2.36 bits per heavy atom. The van der Waals surface area contributed by atoms with Gasteiger partial charge in [0.25, 0.3) is 5.91 Å². The van der Waals surface area contributed by atoms with Crippen LogP contribution in [0.15, 0.2) is 12.4 Å². The van der Waals surface area contributed by atoms with E-state index >= 15 is 0 Å². The van der Waals surface area contributed by atoms with Crippen LogP contribution >= 0.6 is 12.4 Å². The molecule has 0 aromatic carbocycles. The molecule has 0 bridgehead atoms. The Morgan fingerprint density at radius 1 is 1.50 bits per heavy atom. The molecule has 7 nitrogen and oxygen atoms in total. The fourth-order valence-electron chi connectivity index (χ4n) is 2.59. The predicted molar refractivity (Wildman–Crippen MR) is 85.1 cm³/mol. The van der Waals surface area contributed by atoms with E-state index in [1.165, 1.54) is 5.56 Å². The molecule has 0 spiro atoms. The number of carbonyl (C=O) groups excluding carboxylic acids is 1. The van der Waals surface area contributed by atoms with Gasteiger partial charge in [-0.25, -0.2) is 0 Å². The molecule has 120 valence electrons. The SMILES string of the molecule is Cl.Cn1cc(CCCNC(=O)c2n[nH]c3c2CNCC3)cn1. The van der Waals surface area contributed by atoms with Crippen LogP contribution in [-0.4, -0.2) is 39.0 Å². The minimum atomic E-state index is -0.0950. The number of nitrogens with zero attached hydrogens (tertiary/aromatic N) is 3. The normalized spacial score (nSPS) is 13.3. The van der Waals surface area contributed by atoms with E-state index in [-0.39, 0.29) is 18.3 Å². The van der Waals surface area contributed by atoms with Gasteiger partial charge in [-0.05, 0) is 18.4 Å². The summed E-state index contributed by atoms with van der Waals surface area (Å²) >= 11 is 0. The molecule has 0 aliphatic carbocycles. The molecule has 3 N–H and O–H groups in total. The second-order valence-electron chi connectivity index (χ2n) is 5.34. The van der Waals surface area contributed by atoms with Gasteiger partial charge in [0.15, 0.2) is 5.69 Å². The van der Waals surface area contributed by atoms with E-state index in [1.807, 2.05) is 19.4 Å². The van der Waals surface area contributed by atoms with Crippen LogP contribution in [0, 0.1) is 0 Å². The number of nitrogens with one attached hydrogen (secondary N) is 3. The van der Waals surface area contributed by atoms with Crippen molar-refractivity contribution in [2.75, 3.05) is 13.1 Å². The summed E-state index contributed by atoms with van der Waals surface area (Å²) in [7, 11) is 1.90. The van der Waals surface area contributed by atoms with E-state index in [4.69, 9.17) is 0 Å². The average Bonchev–Trinajstić information content (AvgIpc) is 3.09. The Morgan fingerprint density at radius 3 is 3.14 bits per heavy atom. The first-order valence-corrected chi connectivity index (χ1v) is 7.26. The minimum absolute atomic E-state index is 0. The van der Waals surface area contributed by atoms with Crippen LogP contribution in [0.25, 0.3) is 0 Å². The van der Waals surface area contributed by atoms with Crippen LogP contribution in [0.2, 0.25) is 0 Å². The largest absolute Gasteiger partial charge is 0.351 e. The van der Waals surface area contributed by atoms with Crippen LogP contribution in [-0.2, 0) is 26.4 Å². The van der Waals surface area contributed by atoms with E-state index in [9.17, 15) is 4.79 Å². The summed E-state index contributed by atoms with van der Waals surface area (Å²) < 4.78 is 1.79. The molecule has 1 amide bonds. The van der Waals surface area contributed by atoms with Gasteiger partial charge in [0.2, 0.25) is 0 Å². The van der Waals surface area contributed by atoms with Crippen LogP contribution in [0.5, 0.6) is 0 Å². The molecular formula is C14H21ClN6O. The Bertz CT molecular complexity index is 635. The lowest BCUT2D eigenvalue weighted by Crippen LogP contribution is -2.29. The molecule has 0 unspecified atom stereocenters. The third kappa shape index (κ3) is 3.66. The summed E-state index contributed by atoms with van der Waals surface area (Å²) in [5.41, 5.74) is 3.80. The van der Waals surface area contributed by atoms with Crippen LogP contribution < -0.4 is 10.6 Å². The summed E-state index contributed by atoms with van der Waals surface area (Å²) in [6.07, 6.45) is 6.56. The number of aromatic amines is 1. The molecule has 3 rings (SSSR count). The number of aromatic nitrogens is 4. The number of rotatable bonds is 5. The van der Waals surface area contributed by atoms with Gasteiger partial charge >= 0.3 is 0 Å². The highest BCUT2D eigenvalue weighted by atomic mass is 35.5. The minimum Gasteiger partial charge on any atom is -0.351 e. The van der Waals surface area contributed by atoms with E-state index in [1.54, 1.807) is 4.68 Å². The zero-order chi connectivity index (χ0) is 14.7. The topological polar surface area (TPSA) is 87.6 Å². The molecule has 0 atom stereocenters. The number of carbonyl (C=O) groups is 1. The number of fused-ring (bicyclic) bond motifs is 1. The van der Waals surface area contributed by atoms with Crippen molar-refractivity contribution >= 4 is 18.3 Å². The average molecular weight is 325 g/mol. The zero-order valence-corrected chi connectivity index (χ0v) is 13.4. The summed E-state index contributed by atoms with van der Waals surface area (Å²) in [5.74, 6) is -0.0950. The van der Waals surface area contributed by atoms with Crippen molar-refractivity contribution in [2.24, 2.45) is 7.05 Å². The van der Waals surface area contributed by atoms with E-state index in [0.717, 1.165) is 37.1 Å². The summed E-state index contributed by atoms with van der Waals surface area (Å²) in [6.45, 7) is 2.29. The van der Waals surface area contributed by atoms with Gasteiger partial charge in [-0.15, -0.1) is 12.4 Å².